The van der Waals surface area contributed by atoms with Gasteiger partial charge in [-0.1, -0.05) is 6.07 Å². The van der Waals surface area contributed by atoms with E-state index in [-0.39, 0.29) is 6.61 Å². The second-order valence-electron chi connectivity index (χ2n) is 6.88. The summed E-state index contributed by atoms with van der Waals surface area (Å²) in [6, 6.07) is 16.9. The Morgan fingerprint density at radius 2 is 1.83 bits per heavy atom. The van der Waals surface area contributed by atoms with Gasteiger partial charge in [0.1, 0.15) is 5.01 Å². The molecule has 4 rings (SSSR count). The molecule has 2 aromatic heterocycles. The van der Waals surface area contributed by atoms with Gasteiger partial charge in [0, 0.05) is 23.1 Å². The van der Waals surface area contributed by atoms with Gasteiger partial charge in [0.25, 0.3) is 5.91 Å². The third-order valence-corrected chi connectivity index (χ3v) is 5.51. The first-order valence-corrected chi connectivity index (χ1v) is 10.2. The fraction of sp³-hybridized carbons (Fsp3) is 0.130. The third-order valence-electron chi connectivity index (χ3n) is 4.44. The highest BCUT2D eigenvalue weighted by molar-refractivity contribution is 7.21. The summed E-state index contributed by atoms with van der Waals surface area (Å²) >= 11 is 1.63. The number of benzene rings is 2. The van der Waals surface area contributed by atoms with Crippen molar-refractivity contribution >= 4 is 39.1 Å². The molecule has 2 aromatic carbocycles. The molecule has 150 valence electrons. The van der Waals surface area contributed by atoms with Gasteiger partial charge in [-0.3, -0.25) is 9.78 Å². The van der Waals surface area contributed by atoms with Crippen LogP contribution in [-0.4, -0.2) is 28.5 Å². The molecule has 0 bridgehead atoms. The van der Waals surface area contributed by atoms with E-state index in [9.17, 15) is 9.59 Å². The van der Waals surface area contributed by atoms with Crippen molar-refractivity contribution in [2.24, 2.45) is 0 Å². The molecule has 0 radical (unpaired) electrons. The topological polar surface area (TPSA) is 81.2 Å². The highest BCUT2D eigenvalue weighted by atomic mass is 32.1. The van der Waals surface area contributed by atoms with Crippen LogP contribution in [0.15, 0.2) is 60.8 Å². The monoisotopic (exact) mass is 417 g/mol. The fourth-order valence-electron chi connectivity index (χ4n) is 2.85. The maximum absolute atomic E-state index is 12.1. The molecule has 0 atom stereocenters. The predicted octanol–water partition coefficient (Wildman–Crippen LogP) is 4.77. The molecule has 30 heavy (non-hydrogen) atoms. The molecule has 0 spiro atoms. The summed E-state index contributed by atoms with van der Waals surface area (Å²) in [5, 5.41) is 3.65. The van der Waals surface area contributed by atoms with Gasteiger partial charge in [0.15, 0.2) is 6.61 Å². The van der Waals surface area contributed by atoms with E-state index in [0.29, 0.717) is 11.3 Å². The Morgan fingerprint density at radius 1 is 1.03 bits per heavy atom. The molecule has 1 N–H and O–H groups in total. The first-order valence-electron chi connectivity index (χ1n) is 9.35. The minimum atomic E-state index is -0.584. The number of nitrogens with one attached hydrogen (secondary N) is 1. The number of thiazole rings is 1. The lowest BCUT2D eigenvalue weighted by molar-refractivity contribution is -0.119. The number of anilines is 1. The Bertz CT molecular complexity index is 1210. The minimum Gasteiger partial charge on any atom is -0.452 e. The first-order chi connectivity index (χ1) is 14.5. The number of nitrogens with zero attached hydrogens (tertiary/aromatic N) is 2. The minimum absolute atomic E-state index is 0.309. The van der Waals surface area contributed by atoms with Crippen molar-refractivity contribution in [1.29, 1.82) is 0 Å². The summed E-state index contributed by atoms with van der Waals surface area (Å²) in [6.07, 6.45) is 1.43. The van der Waals surface area contributed by atoms with Gasteiger partial charge >= 0.3 is 5.97 Å². The molecule has 0 aliphatic heterocycles. The molecule has 0 saturated carbocycles. The van der Waals surface area contributed by atoms with Crippen molar-refractivity contribution < 1.29 is 14.3 Å². The van der Waals surface area contributed by atoms with Gasteiger partial charge in [-0.15, -0.1) is 11.3 Å². The number of fused-ring (bicyclic) bond motifs is 1. The third kappa shape index (κ3) is 4.52. The summed E-state index contributed by atoms with van der Waals surface area (Å²) in [5.74, 6) is -0.995. The van der Waals surface area contributed by atoms with Crippen LogP contribution >= 0.6 is 11.3 Å². The van der Waals surface area contributed by atoms with Crippen LogP contribution in [0.1, 0.15) is 21.6 Å². The largest absolute Gasteiger partial charge is 0.452 e. The highest BCUT2D eigenvalue weighted by Gasteiger charge is 2.11. The average molecular weight is 417 g/mol. The lowest BCUT2D eigenvalue weighted by Crippen LogP contribution is -2.21. The van der Waals surface area contributed by atoms with Crippen LogP contribution in [0.5, 0.6) is 0 Å². The van der Waals surface area contributed by atoms with E-state index in [2.05, 4.69) is 28.3 Å². The van der Waals surface area contributed by atoms with Crippen molar-refractivity contribution in [2.45, 2.75) is 13.8 Å². The van der Waals surface area contributed by atoms with E-state index >= 15 is 0 Å². The number of amides is 1. The summed E-state index contributed by atoms with van der Waals surface area (Å²) in [6.45, 7) is 3.52. The molecular formula is C23H19N3O3S. The van der Waals surface area contributed by atoms with Crippen LogP contribution in [0, 0.1) is 13.8 Å². The zero-order valence-corrected chi connectivity index (χ0v) is 17.3. The van der Waals surface area contributed by atoms with Crippen molar-refractivity contribution in [3.63, 3.8) is 0 Å². The van der Waals surface area contributed by atoms with Crippen molar-refractivity contribution in [1.82, 2.24) is 9.97 Å². The van der Waals surface area contributed by atoms with Crippen LogP contribution in [0.2, 0.25) is 0 Å². The maximum atomic E-state index is 12.1. The first kappa shape index (κ1) is 19.7. The van der Waals surface area contributed by atoms with Crippen LogP contribution in [0.3, 0.4) is 0 Å². The predicted molar refractivity (Wildman–Crippen MR) is 118 cm³/mol. The van der Waals surface area contributed by atoms with E-state index in [1.807, 2.05) is 31.2 Å². The highest BCUT2D eigenvalue weighted by Crippen LogP contribution is 2.31. The normalized spacial score (nSPS) is 10.7. The average Bonchev–Trinajstić information content (AvgIpc) is 3.16. The fourth-order valence-corrected chi connectivity index (χ4v) is 3.92. The smallest absolute Gasteiger partial charge is 0.340 e. The lowest BCUT2D eigenvalue weighted by Gasteiger charge is -2.07. The number of carbonyl (C=O) groups excluding carboxylic acids is 2. The quantitative estimate of drug-likeness (QED) is 0.473. The molecule has 6 nitrogen and oxygen atoms in total. The Kier molecular flexibility index (Phi) is 5.54. The van der Waals surface area contributed by atoms with E-state index < -0.39 is 11.9 Å². The molecule has 1 amide bonds. The number of hydrogen-bond donors (Lipinski definition) is 1. The summed E-state index contributed by atoms with van der Waals surface area (Å²) in [5.41, 5.74) is 4.88. The van der Waals surface area contributed by atoms with Gasteiger partial charge < -0.3 is 10.1 Å². The maximum Gasteiger partial charge on any atom is 0.340 e. The summed E-state index contributed by atoms with van der Waals surface area (Å²) in [4.78, 5) is 32.8. The van der Waals surface area contributed by atoms with E-state index in [1.165, 1.54) is 11.8 Å². The van der Waals surface area contributed by atoms with Crippen LogP contribution in [-0.2, 0) is 9.53 Å². The number of aryl methyl sites for hydroxylation is 2. The van der Waals surface area contributed by atoms with E-state index in [1.54, 1.807) is 35.6 Å². The zero-order valence-electron chi connectivity index (χ0n) is 16.5. The number of ether oxygens (including phenoxy) is 1. The molecule has 4 aromatic rings. The SMILES string of the molecule is Cc1ccc2nc(-c3ccc(NC(=O)COC(=O)c4ccc(C)nc4)cc3)sc2c1. The molecule has 7 heteroatoms. The number of pyridine rings is 1. The van der Waals surface area contributed by atoms with Crippen molar-refractivity contribution in [3.05, 3.63) is 77.6 Å². The van der Waals surface area contributed by atoms with Gasteiger partial charge in [-0.25, -0.2) is 9.78 Å². The number of carbonyl (C=O) groups is 2. The van der Waals surface area contributed by atoms with E-state index in [4.69, 9.17) is 4.74 Å². The number of aromatic nitrogens is 2. The van der Waals surface area contributed by atoms with Crippen molar-refractivity contribution in [3.8, 4) is 10.6 Å². The standard InChI is InChI=1S/C23H19N3O3S/c1-14-3-10-19-20(11-14)30-22(26-19)16-6-8-18(9-7-16)25-21(27)13-29-23(28)17-5-4-15(2)24-12-17/h3-12H,13H2,1-2H3,(H,25,27). The Morgan fingerprint density at radius 3 is 2.57 bits per heavy atom. The second kappa shape index (κ2) is 8.42. The summed E-state index contributed by atoms with van der Waals surface area (Å²) < 4.78 is 6.19. The van der Waals surface area contributed by atoms with Gasteiger partial charge in [0.05, 0.1) is 15.8 Å². The number of hydrogen-bond acceptors (Lipinski definition) is 6. The molecule has 0 fully saturated rings. The Hall–Kier alpha value is -3.58. The number of esters is 1. The summed E-state index contributed by atoms with van der Waals surface area (Å²) in [7, 11) is 0. The molecule has 0 aliphatic carbocycles. The zero-order chi connectivity index (χ0) is 21.1. The van der Waals surface area contributed by atoms with Crippen LogP contribution < -0.4 is 5.32 Å². The van der Waals surface area contributed by atoms with E-state index in [0.717, 1.165) is 26.5 Å². The molecule has 0 aliphatic rings. The Balaban J connectivity index is 1.36. The molecular weight excluding hydrogens is 398 g/mol. The van der Waals surface area contributed by atoms with Crippen molar-refractivity contribution in [2.75, 3.05) is 11.9 Å². The van der Waals surface area contributed by atoms with Gasteiger partial charge in [-0.05, 0) is 67.9 Å². The second-order valence-corrected chi connectivity index (χ2v) is 7.91. The molecule has 2 heterocycles. The Labute approximate surface area is 177 Å². The lowest BCUT2D eigenvalue weighted by atomic mass is 10.2. The molecule has 0 saturated heterocycles. The van der Waals surface area contributed by atoms with Gasteiger partial charge in [-0.2, -0.15) is 0 Å². The van der Waals surface area contributed by atoms with Crippen LogP contribution in [0.4, 0.5) is 5.69 Å². The van der Waals surface area contributed by atoms with Gasteiger partial charge in [0.2, 0.25) is 0 Å². The van der Waals surface area contributed by atoms with Crippen LogP contribution in [0.25, 0.3) is 20.8 Å². The number of rotatable bonds is 5. The molecule has 0 unspecified atom stereocenters.